The lowest BCUT2D eigenvalue weighted by molar-refractivity contribution is 0.0217. The van der Waals surface area contributed by atoms with Crippen molar-refractivity contribution in [1.29, 1.82) is 0 Å². The minimum absolute atomic E-state index is 0.114. The van der Waals surface area contributed by atoms with E-state index in [-0.39, 0.29) is 18.1 Å². The topological polar surface area (TPSA) is 69.4 Å². The largest absolute Gasteiger partial charge is 0.379 e. The molecule has 2 rings (SSSR count). The molecule has 114 valence electrons. The van der Waals surface area contributed by atoms with Crippen LogP contribution in [0.1, 0.15) is 51.4 Å². The van der Waals surface area contributed by atoms with Crippen LogP contribution in [0.2, 0.25) is 0 Å². The number of nitrogens with zero attached hydrogens (tertiary/aromatic N) is 2. The quantitative estimate of drug-likeness (QED) is 0.824. The fraction of sp³-hybridized carbons (Fsp3) is 0.857. The van der Waals surface area contributed by atoms with E-state index < -0.39 is 0 Å². The zero-order valence-corrected chi connectivity index (χ0v) is 12.8. The fourth-order valence-corrected chi connectivity index (χ4v) is 2.52. The van der Waals surface area contributed by atoms with Crippen molar-refractivity contribution < 1.29 is 14.0 Å². The Labute approximate surface area is 120 Å². The predicted octanol–water partition coefficient (Wildman–Crippen LogP) is 1.90. The zero-order chi connectivity index (χ0) is 14.5. The van der Waals surface area contributed by atoms with Crippen LogP contribution in [0, 0.1) is 5.92 Å². The lowest BCUT2D eigenvalue weighted by Crippen LogP contribution is -2.34. The molecular weight excluding hydrogens is 258 g/mol. The lowest BCUT2D eigenvalue weighted by Gasteiger charge is -2.17. The molecule has 0 aliphatic carbocycles. The van der Waals surface area contributed by atoms with E-state index in [1.54, 1.807) is 0 Å². The van der Waals surface area contributed by atoms with Crippen molar-refractivity contribution in [2.75, 3.05) is 26.4 Å². The van der Waals surface area contributed by atoms with Gasteiger partial charge in [-0.25, -0.2) is 0 Å². The van der Waals surface area contributed by atoms with Gasteiger partial charge in [-0.15, -0.1) is 0 Å². The van der Waals surface area contributed by atoms with Crippen LogP contribution in [0.3, 0.4) is 0 Å². The van der Waals surface area contributed by atoms with Crippen LogP contribution in [0.15, 0.2) is 4.52 Å². The Bertz CT molecular complexity index is 408. The van der Waals surface area contributed by atoms with Gasteiger partial charge in [0.1, 0.15) is 6.10 Å². The van der Waals surface area contributed by atoms with Crippen molar-refractivity contribution >= 4 is 0 Å². The fourth-order valence-electron chi connectivity index (χ4n) is 2.52. The van der Waals surface area contributed by atoms with E-state index in [4.69, 9.17) is 14.0 Å². The predicted molar refractivity (Wildman–Crippen MR) is 74.5 cm³/mol. The van der Waals surface area contributed by atoms with Crippen LogP contribution in [0.25, 0.3) is 0 Å². The van der Waals surface area contributed by atoms with Gasteiger partial charge in [-0.2, -0.15) is 4.98 Å². The SMILES string of the molecule is CCNC1COCC1c1nc(C(OCC)C(C)C)no1. The number of likely N-dealkylation sites (N-methyl/N-ethyl adjacent to an activating group) is 1. The van der Waals surface area contributed by atoms with Gasteiger partial charge in [0.05, 0.1) is 19.1 Å². The second-order valence-corrected chi connectivity index (χ2v) is 5.42. The molecule has 1 aromatic heterocycles. The van der Waals surface area contributed by atoms with Crippen molar-refractivity contribution in [1.82, 2.24) is 15.5 Å². The van der Waals surface area contributed by atoms with E-state index >= 15 is 0 Å². The van der Waals surface area contributed by atoms with E-state index in [2.05, 4.69) is 36.2 Å². The highest BCUT2D eigenvalue weighted by molar-refractivity contribution is 5.04. The first kappa shape index (κ1) is 15.4. The number of hydrogen-bond acceptors (Lipinski definition) is 6. The Kier molecular flexibility index (Phi) is 5.51. The van der Waals surface area contributed by atoms with Gasteiger partial charge in [0.15, 0.2) is 0 Å². The Morgan fingerprint density at radius 3 is 2.80 bits per heavy atom. The van der Waals surface area contributed by atoms with Crippen molar-refractivity contribution in [3.8, 4) is 0 Å². The van der Waals surface area contributed by atoms with Gasteiger partial charge < -0.3 is 19.3 Å². The smallest absolute Gasteiger partial charge is 0.233 e. The molecule has 1 saturated heterocycles. The summed E-state index contributed by atoms with van der Waals surface area (Å²) in [5.41, 5.74) is 0. The molecule has 20 heavy (non-hydrogen) atoms. The van der Waals surface area contributed by atoms with Crippen LogP contribution in [0.5, 0.6) is 0 Å². The molecule has 1 aliphatic heterocycles. The van der Waals surface area contributed by atoms with Crippen molar-refractivity contribution in [2.45, 2.75) is 45.8 Å². The summed E-state index contributed by atoms with van der Waals surface area (Å²) in [4.78, 5) is 4.54. The molecule has 0 amide bonds. The summed E-state index contributed by atoms with van der Waals surface area (Å²) in [5.74, 6) is 1.73. The summed E-state index contributed by atoms with van der Waals surface area (Å²) in [5, 5.41) is 7.50. The van der Waals surface area contributed by atoms with Gasteiger partial charge >= 0.3 is 0 Å². The Balaban J connectivity index is 2.11. The van der Waals surface area contributed by atoms with Crippen LogP contribution < -0.4 is 5.32 Å². The third kappa shape index (κ3) is 3.37. The van der Waals surface area contributed by atoms with Crippen molar-refractivity contribution in [3.63, 3.8) is 0 Å². The third-order valence-corrected chi connectivity index (χ3v) is 3.53. The molecule has 6 heteroatoms. The molecule has 1 aliphatic rings. The summed E-state index contributed by atoms with van der Waals surface area (Å²) in [6.07, 6.45) is -0.114. The Morgan fingerprint density at radius 1 is 1.35 bits per heavy atom. The lowest BCUT2D eigenvalue weighted by atomic mass is 10.0. The van der Waals surface area contributed by atoms with Gasteiger partial charge in [-0.05, 0) is 19.4 Å². The van der Waals surface area contributed by atoms with Crippen LogP contribution in [-0.2, 0) is 9.47 Å². The molecule has 0 aromatic carbocycles. The number of ether oxygens (including phenoxy) is 2. The average molecular weight is 283 g/mol. The van der Waals surface area contributed by atoms with Gasteiger partial charge in [-0.3, -0.25) is 0 Å². The summed E-state index contributed by atoms with van der Waals surface area (Å²) in [6, 6.07) is 0.248. The molecule has 2 heterocycles. The maximum Gasteiger partial charge on any atom is 0.233 e. The van der Waals surface area contributed by atoms with Gasteiger partial charge in [0.25, 0.3) is 0 Å². The number of aromatic nitrogens is 2. The Hall–Kier alpha value is -0.980. The second-order valence-electron chi connectivity index (χ2n) is 5.42. The summed E-state index contributed by atoms with van der Waals surface area (Å²) >= 11 is 0. The number of nitrogens with one attached hydrogen (secondary N) is 1. The minimum Gasteiger partial charge on any atom is -0.379 e. The normalized spacial score (nSPS) is 24.4. The van der Waals surface area contributed by atoms with E-state index in [9.17, 15) is 0 Å². The first-order valence-electron chi connectivity index (χ1n) is 7.43. The monoisotopic (exact) mass is 283 g/mol. The highest BCUT2D eigenvalue weighted by Gasteiger charge is 2.34. The molecule has 0 spiro atoms. The van der Waals surface area contributed by atoms with Gasteiger partial charge in [-0.1, -0.05) is 25.9 Å². The molecule has 0 radical (unpaired) electrons. The summed E-state index contributed by atoms with van der Waals surface area (Å²) < 4.78 is 16.7. The van der Waals surface area contributed by atoms with E-state index in [1.165, 1.54) is 0 Å². The molecule has 1 N–H and O–H groups in total. The van der Waals surface area contributed by atoms with Crippen LogP contribution in [-0.4, -0.2) is 42.5 Å². The highest BCUT2D eigenvalue weighted by atomic mass is 16.5. The second kappa shape index (κ2) is 7.15. The molecule has 6 nitrogen and oxygen atoms in total. The van der Waals surface area contributed by atoms with Gasteiger partial charge in [0, 0.05) is 12.6 Å². The van der Waals surface area contributed by atoms with Gasteiger partial charge in [0.2, 0.25) is 11.7 Å². The molecule has 1 aromatic rings. The zero-order valence-electron chi connectivity index (χ0n) is 12.8. The Morgan fingerprint density at radius 2 is 2.15 bits per heavy atom. The molecule has 0 saturated carbocycles. The van der Waals surface area contributed by atoms with E-state index in [0.29, 0.717) is 37.5 Å². The molecule has 1 fully saturated rings. The molecular formula is C14H25N3O3. The summed E-state index contributed by atoms with van der Waals surface area (Å²) in [7, 11) is 0. The maximum absolute atomic E-state index is 5.71. The first-order chi connectivity index (χ1) is 9.67. The van der Waals surface area contributed by atoms with Crippen LogP contribution in [0.4, 0.5) is 0 Å². The standard InChI is InChI=1S/C14H25N3O3/c1-5-15-11-8-18-7-10(11)14-16-13(17-20-14)12(9(3)4)19-6-2/h9-12,15H,5-8H2,1-4H3. The first-order valence-corrected chi connectivity index (χ1v) is 7.43. The number of rotatable bonds is 7. The maximum atomic E-state index is 5.71. The highest BCUT2D eigenvalue weighted by Crippen LogP contribution is 2.28. The molecule has 3 unspecified atom stereocenters. The van der Waals surface area contributed by atoms with E-state index in [1.807, 2.05) is 6.92 Å². The van der Waals surface area contributed by atoms with Crippen molar-refractivity contribution in [2.24, 2.45) is 5.92 Å². The number of hydrogen-bond donors (Lipinski definition) is 1. The third-order valence-electron chi connectivity index (χ3n) is 3.53. The van der Waals surface area contributed by atoms with E-state index in [0.717, 1.165) is 6.54 Å². The van der Waals surface area contributed by atoms with Crippen molar-refractivity contribution in [3.05, 3.63) is 11.7 Å². The minimum atomic E-state index is -0.114. The summed E-state index contributed by atoms with van der Waals surface area (Å²) in [6.45, 7) is 11.1. The molecule has 3 atom stereocenters. The van der Waals surface area contributed by atoms with Crippen LogP contribution >= 0.6 is 0 Å². The average Bonchev–Trinajstić information content (AvgIpc) is 3.04. The molecule has 0 bridgehead atoms.